The van der Waals surface area contributed by atoms with Crippen LogP contribution >= 0.6 is 0 Å². The fourth-order valence-corrected chi connectivity index (χ4v) is 2.05. The van der Waals surface area contributed by atoms with Gasteiger partial charge in [0.15, 0.2) is 5.82 Å². The molecule has 1 atom stereocenters. The third-order valence-electron chi connectivity index (χ3n) is 3.11. The summed E-state index contributed by atoms with van der Waals surface area (Å²) in [6.07, 6.45) is 0.645. The zero-order chi connectivity index (χ0) is 13.8. The number of benzene rings is 2. The van der Waals surface area contributed by atoms with Crippen LogP contribution in [-0.2, 0) is 6.42 Å². The Morgan fingerprint density at radius 2 is 1.60 bits per heavy atom. The molecule has 0 fully saturated rings. The molecule has 0 bridgehead atoms. The summed E-state index contributed by atoms with van der Waals surface area (Å²) < 4.78 is 5.27. The number of nitrogens with two attached hydrogens (primary N) is 1. The molecule has 0 unspecified atom stereocenters. The van der Waals surface area contributed by atoms with E-state index in [9.17, 15) is 0 Å². The lowest BCUT2D eigenvalue weighted by Gasteiger charge is -2.05. The molecule has 3 rings (SSSR count). The van der Waals surface area contributed by atoms with Crippen LogP contribution < -0.4 is 5.73 Å². The van der Waals surface area contributed by atoms with Crippen LogP contribution in [0.5, 0.6) is 0 Å². The van der Waals surface area contributed by atoms with Crippen LogP contribution in [0.4, 0.5) is 0 Å². The minimum absolute atomic E-state index is 0.381. The average molecular weight is 265 g/mol. The van der Waals surface area contributed by atoms with Crippen LogP contribution in [-0.4, -0.2) is 10.1 Å². The Morgan fingerprint density at radius 3 is 2.30 bits per heavy atom. The van der Waals surface area contributed by atoms with Crippen molar-refractivity contribution in [2.75, 3.05) is 0 Å². The fourth-order valence-electron chi connectivity index (χ4n) is 2.05. The quantitative estimate of drug-likeness (QED) is 0.787. The topological polar surface area (TPSA) is 64.9 Å². The number of rotatable bonds is 4. The summed E-state index contributed by atoms with van der Waals surface area (Å²) in [7, 11) is 0. The van der Waals surface area contributed by atoms with Gasteiger partial charge in [0.2, 0.25) is 5.89 Å². The standard InChI is InChI=1S/C16H15N3O/c17-15(13-9-5-2-6-10-13)16-18-14(19-20-16)11-12-7-3-1-4-8-12/h1-10,15H,11,17H2/t15-/m0/s1. The maximum absolute atomic E-state index is 6.13. The summed E-state index contributed by atoms with van der Waals surface area (Å²) in [6, 6.07) is 19.4. The second kappa shape index (κ2) is 5.67. The van der Waals surface area contributed by atoms with Crippen molar-refractivity contribution in [1.82, 2.24) is 10.1 Å². The Bertz CT molecular complexity index is 664. The molecule has 4 nitrogen and oxygen atoms in total. The molecule has 0 aliphatic rings. The average Bonchev–Trinajstić information content (AvgIpc) is 2.97. The molecule has 0 radical (unpaired) electrons. The Hall–Kier alpha value is -2.46. The van der Waals surface area contributed by atoms with Gasteiger partial charge in [-0.25, -0.2) is 0 Å². The van der Waals surface area contributed by atoms with Gasteiger partial charge >= 0.3 is 0 Å². The van der Waals surface area contributed by atoms with E-state index in [1.54, 1.807) is 0 Å². The summed E-state index contributed by atoms with van der Waals surface area (Å²) in [5.41, 5.74) is 8.23. The molecule has 0 saturated heterocycles. The molecule has 1 aromatic heterocycles. The fraction of sp³-hybridized carbons (Fsp3) is 0.125. The lowest BCUT2D eigenvalue weighted by atomic mass is 10.1. The molecule has 0 aliphatic carbocycles. The largest absolute Gasteiger partial charge is 0.337 e. The van der Waals surface area contributed by atoms with E-state index in [0.29, 0.717) is 18.1 Å². The van der Waals surface area contributed by atoms with Gasteiger partial charge < -0.3 is 10.3 Å². The Kier molecular flexibility index (Phi) is 3.56. The number of hydrogen-bond donors (Lipinski definition) is 1. The van der Waals surface area contributed by atoms with E-state index in [2.05, 4.69) is 10.1 Å². The van der Waals surface area contributed by atoms with Crippen molar-refractivity contribution in [3.05, 3.63) is 83.5 Å². The number of nitrogens with zero attached hydrogens (tertiary/aromatic N) is 2. The summed E-state index contributed by atoms with van der Waals surface area (Å²) in [4.78, 5) is 4.38. The maximum atomic E-state index is 6.13. The van der Waals surface area contributed by atoms with E-state index >= 15 is 0 Å². The van der Waals surface area contributed by atoms with Crippen molar-refractivity contribution in [3.8, 4) is 0 Å². The van der Waals surface area contributed by atoms with E-state index in [4.69, 9.17) is 10.3 Å². The predicted molar refractivity (Wildman–Crippen MR) is 76.0 cm³/mol. The predicted octanol–water partition coefficient (Wildman–Crippen LogP) is 2.71. The van der Waals surface area contributed by atoms with Crippen LogP contribution in [0, 0.1) is 0 Å². The summed E-state index contributed by atoms with van der Waals surface area (Å²) in [5, 5.41) is 3.99. The van der Waals surface area contributed by atoms with Gasteiger partial charge in [-0.05, 0) is 11.1 Å². The Morgan fingerprint density at radius 1 is 0.950 bits per heavy atom. The smallest absolute Gasteiger partial charge is 0.248 e. The molecule has 100 valence electrons. The van der Waals surface area contributed by atoms with Crippen molar-refractivity contribution in [2.24, 2.45) is 5.73 Å². The first-order chi connectivity index (χ1) is 9.83. The third-order valence-corrected chi connectivity index (χ3v) is 3.11. The highest BCUT2D eigenvalue weighted by Crippen LogP contribution is 2.18. The summed E-state index contributed by atoms with van der Waals surface area (Å²) in [5.74, 6) is 1.10. The van der Waals surface area contributed by atoms with Gasteiger partial charge in [0.1, 0.15) is 6.04 Å². The van der Waals surface area contributed by atoms with Gasteiger partial charge in [-0.3, -0.25) is 0 Å². The monoisotopic (exact) mass is 265 g/mol. The molecule has 1 heterocycles. The molecule has 4 heteroatoms. The third kappa shape index (κ3) is 2.75. The number of aromatic nitrogens is 2. The molecule has 2 N–H and O–H groups in total. The summed E-state index contributed by atoms with van der Waals surface area (Å²) in [6.45, 7) is 0. The van der Waals surface area contributed by atoms with Gasteiger partial charge in [-0.1, -0.05) is 65.8 Å². The minimum atomic E-state index is -0.381. The van der Waals surface area contributed by atoms with Crippen molar-refractivity contribution >= 4 is 0 Å². The van der Waals surface area contributed by atoms with E-state index in [-0.39, 0.29) is 6.04 Å². The SMILES string of the molecule is N[C@@H](c1ccccc1)c1nc(Cc2ccccc2)no1. The van der Waals surface area contributed by atoms with Gasteiger partial charge in [-0.15, -0.1) is 0 Å². The lowest BCUT2D eigenvalue weighted by molar-refractivity contribution is 0.363. The molecule has 0 spiro atoms. The zero-order valence-electron chi connectivity index (χ0n) is 10.9. The highest BCUT2D eigenvalue weighted by Gasteiger charge is 2.16. The molecule has 2 aromatic carbocycles. The van der Waals surface area contributed by atoms with E-state index in [0.717, 1.165) is 11.1 Å². The van der Waals surface area contributed by atoms with Gasteiger partial charge in [0, 0.05) is 6.42 Å². The molecule has 0 saturated carbocycles. The van der Waals surface area contributed by atoms with Crippen LogP contribution in [0.15, 0.2) is 65.2 Å². The van der Waals surface area contributed by atoms with Crippen LogP contribution in [0.3, 0.4) is 0 Å². The number of hydrogen-bond acceptors (Lipinski definition) is 4. The minimum Gasteiger partial charge on any atom is -0.337 e. The van der Waals surface area contributed by atoms with Crippen molar-refractivity contribution in [2.45, 2.75) is 12.5 Å². The molecule has 0 aliphatic heterocycles. The van der Waals surface area contributed by atoms with Gasteiger partial charge in [0.25, 0.3) is 0 Å². The molecule has 0 amide bonds. The Balaban J connectivity index is 1.77. The highest BCUT2D eigenvalue weighted by atomic mass is 16.5. The first-order valence-electron chi connectivity index (χ1n) is 6.50. The van der Waals surface area contributed by atoms with E-state index in [1.807, 2.05) is 60.7 Å². The van der Waals surface area contributed by atoms with E-state index < -0.39 is 0 Å². The normalized spacial score (nSPS) is 12.2. The second-order valence-electron chi connectivity index (χ2n) is 4.60. The summed E-state index contributed by atoms with van der Waals surface area (Å²) >= 11 is 0. The van der Waals surface area contributed by atoms with Gasteiger partial charge in [-0.2, -0.15) is 4.98 Å². The first-order valence-corrected chi connectivity index (χ1v) is 6.50. The second-order valence-corrected chi connectivity index (χ2v) is 4.60. The Labute approximate surface area is 117 Å². The first kappa shape index (κ1) is 12.6. The maximum Gasteiger partial charge on any atom is 0.248 e. The lowest BCUT2D eigenvalue weighted by Crippen LogP contribution is -2.12. The molecular weight excluding hydrogens is 250 g/mol. The van der Waals surface area contributed by atoms with Crippen molar-refractivity contribution in [3.63, 3.8) is 0 Å². The molecule has 3 aromatic rings. The van der Waals surface area contributed by atoms with Crippen molar-refractivity contribution in [1.29, 1.82) is 0 Å². The molecular formula is C16H15N3O. The molecule has 20 heavy (non-hydrogen) atoms. The van der Waals surface area contributed by atoms with E-state index in [1.165, 1.54) is 0 Å². The van der Waals surface area contributed by atoms with Crippen LogP contribution in [0.25, 0.3) is 0 Å². The van der Waals surface area contributed by atoms with Crippen LogP contribution in [0.1, 0.15) is 28.9 Å². The van der Waals surface area contributed by atoms with Crippen molar-refractivity contribution < 1.29 is 4.52 Å². The zero-order valence-corrected chi connectivity index (χ0v) is 10.9. The van der Waals surface area contributed by atoms with Gasteiger partial charge in [0.05, 0.1) is 0 Å². The van der Waals surface area contributed by atoms with Crippen LogP contribution in [0.2, 0.25) is 0 Å². The highest BCUT2D eigenvalue weighted by molar-refractivity contribution is 5.24.